The number of hydrogen-bond donors (Lipinski definition) is 1. The summed E-state index contributed by atoms with van der Waals surface area (Å²) in [5.74, 6) is 0. The van der Waals surface area contributed by atoms with Gasteiger partial charge >= 0.3 is 6.18 Å². The van der Waals surface area contributed by atoms with Crippen molar-refractivity contribution in [2.24, 2.45) is 0 Å². The van der Waals surface area contributed by atoms with E-state index in [1.165, 1.54) is 12.1 Å². The Hall–Kier alpha value is -1.23. The molecule has 0 radical (unpaired) electrons. The lowest BCUT2D eigenvalue weighted by Crippen LogP contribution is -2.21. The number of hydrogen-bond acceptors (Lipinski definition) is 2. The van der Waals surface area contributed by atoms with Crippen LogP contribution in [0.15, 0.2) is 24.3 Å². The summed E-state index contributed by atoms with van der Waals surface area (Å²) in [4.78, 5) is 1.88. The molecule has 2 nitrogen and oxygen atoms in total. The SMILES string of the molecule is FC(F)(F)c1cccc(N2CCNC2)c1. The molecule has 0 aliphatic carbocycles. The average Bonchev–Trinajstić information content (AvgIpc) is 2.69. The Morgan fingerprint density at radius 2 is 2.07 bits per heavy atom. The largest absolute Gasteiger partial charge is 0.416 e. The van der Waals surface area contributed by atoms with Gasteiger partial charge in [-0.3, -0.25) is 5.32 Å². The van der Waals surface area contributed by atoms with Crippen LogP contribution in [0.1, 0.15) is 5.56 Å². The van der Waals surface area contributed by atoms with E-state index in [-0.39, 0.29) is 0 Å². The van der Waals surface area contributed by atoms with Crippen LogP contribution < -0.4 is 10.2 Å². The van der Waals surface area contributed by atoms with E-state index in [0.29, 0.717) is 12.4 Å². The van der Waals surface area contributed by atoms with Gasteiger partial charge in [-0.05, 0) is 18.2 Å². The van der Waals surface area contributed by atoms with E-state index in [4.69, 9.17) is 0 Å². The highest BCUT2D eigenvalue weighted by molar-refractivity contribution is 5.49. The molecule has 0 saturated carbocycles. The third-order valence-electron chi connectivity index (χ3n) is 2.40. The predicted molar refractivity (Wildman–Crippen MR) is 51.7 cm³/mol. The lowest BCUT2D eigenvalue weighted by molar-refractivity contribution is -0.137. The van der Waals surface area contributed by atoms with Crippen molar-refractivity contribution in [3.8, 4) is 0 Å². The zero-order valence-electron chi connectivity index (χ0n) is 8.01. The van der Waals surface area contributed by atoms with Gasteiger partial charge < -0.3 is 4.90 Å². The van der Waals surface area contributed by atoms with Crippen LogP contribution in [0.3, 0.4) is 0 Å². The van der Waals surface area contributed by atoms with Crippen LogP contribution in [0.25, 0.3) is 0 Å². The van der Waals surface area contributed by atoms with Gasteiger partial charge in [-0.15, -0.1) is 0 Å². The maximum absolute atomic E-state index is 12.4. The fourth-order valence-corrected chi connectivity index (χ4v) is 1.61. The van der Waals surface area contributed by atoms with E-state index >= 15 is 0 Å². The Morgan fingerprint density at radius 1 is 1.27 bits per heavy atom. The maximum Gasteiger partial charge on any atom is 0.416 e. The van der Waals surface area contributed by atoms with Gasteiger partial charge in [-0.1, -0.05) is 6.07 Å². The molecule has 82 valence electrons. The third-order valence-corrected chi connectivity index (χ3v) is 2.40. The van der Waals surface area contributed by atoms with Gasteiger partial charge in [0.15, 0.2) is 0 Å². The minimum Gasteiger partial charge on any atom is -0.357 e. The van der Waals surface area contributed by atoms with Crippen molar-refractivity contribution in [1.29, 1.82) is 0 Å². The molecular weight excluding hydrogens is 205 g/mol. The second kappa shape index (κ2) is 3.73. The Kier molecular flexibility index (Phi) is 2.56. The number of nitrogens with zero attached hydrogens (tertiary/aromatic N) is 1. The molecule has 0 unspecified atom stereocenters. The van der Waals surface area contributed by atoms with Crippen LogP contribution in [0.2, 0.25) is 0 Å². The van der Waals surface area contributed by atoms with Gasteiger partial charge in [0, 0.05) is 18.8 Å². The standard InChI is InChI=1S/C10H11F3N2/c11-10(12,13)8-2-1-3-9(6-8)15-5-4-14-7-15/h1-3,6,14H,4-5,7H2. The molecule has 1 aliphatic rings. The van der Waals surface area contributed by atoms with Crippen molar-refractivity contribution < 1.29 is 13.2 Å². The molecule has 2 rings (SSSR count). The molecule has 0 aromatic heterocycles. The highest BCUT2D eigenvalue weighted by Gasteiger charge is 2.30. The minimum absolute atomic E-state index is 0.591. The highest BCUT2D eigenvalue weighted by Crippen LogP contribution is 2.31. The molecule has 0 amide bonds. The number of alkyl halides is 3. The lowest BCUT2D eigenvalue weighted by atomic mass is 10.2. The predicted octanol–water partition coefficient (Wildman–Crippen LogP) is 2.07. The van der Waals surface area contributed by atoms with Crippen LogP contribution in [0.5, 0.6) is 0 Å². The minimum atomic E-state index is -4.26. The van der Waals surface area contributed by atoms with E-state index in [1.54, 1.807) is 6.07 Å². The summed E-state index contributed by atoms with van der Waals surface area (Å²) in [5, 5.41) is 3.07. The Morgan fingerprint density at radius 3 is 2.67 bits per heavy atom. The summed E-state index contributed by atoms with van der Waals surface area (Å²) in [6.07, 6.45) is -4.26. The highest BCUT2D eigenvalue weighted by atomic mass is 19.4. The van der Waals surface area contributed by atoms with E-state index in [2.05, 4.69) is 5.32 Å². The van der Waals surface area contributed by atoms with Crippen LogP contribution >= 0.6 is 0 Å². The first-order valence-electron chi connectivity index (χ1n) is 4.70. The zero-order chi connectivity index (χ0) is 10.9. The molecule has 0 atom stereocenters. The topological polar surface area (TPSA) is 15.3 Å². The molecule has 1 heterocycles. The second-order valence-electron chi connectivity index (χ2n) is 3.47. The fourth-order valence-electron chi connectivity index (χ4n) is 1.61. The van der Waals surface area contributed by atoms with E-state index < -0.39 is 11.7 Å². The van der Waals surface area contributed by atoms with E-state index in [0.717, 1.165) is 19.2 Å². The van der Waals surface area contributed by atoms with Crippen molar-refractivity contribution in [1.82, 2.24) is 5.32 Å². The van der Waals surface area contributed by atoms with Crippen LogP contribution in [0.4, 0.5) is 18.9 Å². The monoisotopic (exact) mass is 216 g/mol. The van der Waals surface area contributed by atoms with Gasteiger partial charge in [0.25, 0.3) is 0 Å². The summed E-state index contributed by atoms with van der Waals surface area (Å²) in [7, 11) is 0. The van der Waals surface area contributed by atoms with Crippen molar-refractivity contribution in [3.05, 3.63) is 29.8 Å². The normalized spacial score (nSPS) is 17.1. The van der Waals surface area contributed by atoms with Gasteiger partial charge in [0.05, 0.1) is 12.2 Å². The van der Waals surface area contributed by atoms with Crippen molar-refractivity contribution in [3.63, 3.8) is 0 Å². The quantitative estimate of drug-likeness (QED) is 0.773. The summed E-state index contributed by atoms with van der Waals surface area (Å²) in [5.41, 5.74) is 0.0294. The Bertz CT molecular complexity index is 343. The van der Waals surface area contributed by atoms with Gasteiger partial charge in [-0.2, -0.15) is 13.2 Å². The molecule has 1 aromatic carbocycles. The lowest BCUT2D eigenvalue weighted by Gasteiger charge is -2.18. The second-order valence-corrected chi connectivity index (χ2v) is 3.47. The molecule has 5 heteroatoms. The number of nitrogens with one attached hydrogen (secondary N) is 1. The van der Waals surface area contributed by atoms with Crippen LogP contribution in [-0.2, 0) is 6.18 Å². The summed E-state index contributed by atoms with van der Waals surface area (Å²) in [6.45, 7) is 2.18. The van der Waals surface area contributed by atoms with Crippen LogP contribution in [-0.4, -0.2) is 19.8 Å². The van der Waals surface area contributed by atoms with Crippen molar-refractivity contribution in [2.45, 2.75) is 6.18 Å². The number of anilines is 1. The Labute approximate surface area is 85.7 Å². The van der Waals surface area contributed by atoms with Crippen LogP contribution in [0, 0.1) is 0 Å². The maximum atomic E-state index is 12.4. The molecule has 1 fully saturated rings. The smallest absolute Gasteiger partial charge is 0.357 e. The average molecular weight is 216 g/mol. The number of benzene rings is 1. The number of rotatable bonds is 1. The zero-order valence-corrected chi connectivity index (χ0v) is 8.01. The molecule has 15 heavy (non-hydrogen) atoms. The number of halogens is 3. The summed E-state index contributed by atoms with van der Waals surface area (Å²) in [6, 6.07) is 5.42. The summed E-state index contributed by atoms with van der Waals surface area (Å²) >= 11 is 0. The molecule has 1 aliphatic heterocycles. The van der Waals surface area contributed by atoms with E-state index in [1.807, 2.05) is 4.90 Å². The van der Waals surface area contributed by atoms with E-state index in [9.17, 15) is 13.2 Å². The molecule has 1 aromatic rings. The van der Waals surface area contributed by atoms with Gasteiger partial charge in [0.2, 0.25) is 0 Å². The molecular formula is C10H11F3N2. The molecule has 0 spiro atoms. The Balaban J connectivity index is 2.26. The molecule has 0 bridgehead atoms. The first kappa shape index (κ1) is 10.3. The first-order chi connectivity index (χ1) is 7.07. The summed E-state index contributed by atoms with van der Waals surface area (Å²) < 4.78 is 37.3. The van der Waals surface area contributed by atoms with Crippen molar-refractivity contribution in [2.75, 3.05) is 24.7 Å². The van der Waals surface area contributed by atoms with Gasteiger partial charge in [0.1, 0.15) is 0 Å². The van der Waals surface area contributed by atoms with Crippen molar-refractivity contribution >= 4 is 5.69 Å². The van der Waals surface area contributed by atoms with Gasteiger partial charge in [-0.25, -0.2) is 0 Å². The fraction of sp³-hybridized carbons (Fsp3) is 0.400. The first-order valence-corrected chi connectivity index (χ1v) is 4.70. The molecule has 1 saturated heterocycles. The molecule has 1 N–H and O–H groups in total. The third kappa shape index (κ3) is 2.23.